The smallest absolute Gasteiger partial charge is 0.418 e. The summed E-state index contributed by atoms with van der Waals surface area (Å²) in [5, 5.41) is 0. The van der Waals surface area contributed by atoms with Gasteiger partial charge in [-0.15, -0.1) is 23.7 Å². The van der Waals surface area contributed by atoms with Crippen molar-refractivity contribution in [1.29, 1.82) is 0 Å². The van der Waals surface area contributed by atoms with Crippen molar-refractivity contribution in [1.82, 2.24) is 0 Å². The molecule has 2 aliphatic heterocycles. The number of hydrogen-bond acceptors (Lipinski definition) is 0. The second-order valence-electron chi connectivity index (χ2n) is 12.4. The van der Waals surface area contributed by atoms with E-state index in [1.807, 2.05) is 0 Å². The Morgan fingerprint density at radius 2 is 0.711 bits per heavy atom. The fraction of sp³-hybridized carbons (Fsp3) is 0.867. The van der Waals surface area contributed by atoms with Gasteiger partial charge in [-0.05, 0) is 49.4 Å². The first-order valence-electron chi connectivity index (χ1n) is 14.7. The molecule has 0 N–H and O–H groups in total. The first-order chi connectivity index (χ1) is 17.2. The molecule has 1 radical (unpaired) electrons. The Hall–Kier alpha value is 0.388. The molecule has 2 heterocycles. The summed E-state index contributed by atoms with van der Waals surface area (Å²) in [4.78, 5) is 0. The van der Waals surface area contributed by atoms with Crippen LogP contribution < -0.4 is 0 Å². The van der Waals surface area contributed by atoms with Gasteiger partial charge in [0.1, 0.15) is 0 Å². The average molecular weight is 666 g/mol. The van der Waals surface area contributed by atoms with Crippen LogP contribution in [0.15, 0.2) is 0 Å². The maximum absolute atomic E-state index is 9.75. The van der Waals surface area contributed by atoms with Crippen LogP contribution in [-0.4, -0.2) is 42.2 Å². The van der Waals surface area contributed by atoms with Gasteiger partial charge in [0.05, 0.1) is 35.0 Å². The van der Waals surface area contributed by atoms with Gasteiger partial charge in [-0.3, -0.25) is 0 Å². The van der Waals surface area contributed by atoms with E-state index in [0.29, 0.717) is 0 Å². The van der Waals surface area contributed by atoms with Crippen LogP contribution in [0.4, 0.5) is 17.3 Å². The van der Waals surface area contributed by atoms with Gasteiger partial charge in [0.2, 0.25) is 0 Å². The molecule has 38 heavy (non-hydrogen) atoms. The molecule has 0 aromatic carbocycles. The van der Waals surface area contributed by atoms with E-state index in [1.165, 1.54) is 0 Å². The van der Waals surface area contributed by atoms with E-state index in [4.69, 9.17) is 0 Å². The molecule has 0 saturated carbocycles. The van der Waals surface area contributed by atoms with Gasteiger partial charge in [0, 0.05) is 61.0 Å². The van der Waals surface area contributed by atoms with Crippen LogP contribution in [0.1, 0.15) is 107 Å². The standard InChI is InChI=1S/C22H44P2.C8H8.BF4.Rh/c1-15(2)19-9-10-20(16(3)4)23(19)13-14-24-21(17(5)6)11-12-22(24)18(7)8;1-2-4-6-8-7-5-3-1;2-1(3,4)5;/h15-22H,9-14H2,1-8H3;1-2,7-8H2;;/q;;-1;/p+2/t19-,20-,21-,22-;;;/m1.../s1. The first kappa shape index (κ1) is 38.4. The molecule has 0 amide bonds. The van der Waals surface area contributed by atoms with Crippen molar-refractivity contribution in [3.8, 4) is 23.7 Å². The van der Waals surface area contributed by atoms with E-state index in [-0.39, 0.29) is 35.3 Å². The molecule has 0 aromatic heterocycles. The Morgan fingerprint density at radius 1 is 0.526 bits per heavy atom. The van der Waals surface area contributed by atoms with E-state index >= 15 is 0 Å². The summed E-state index contributed by atoms with van der Waals surface area (Å²) < 4.78 is 39.0. The second kappa shape index (κ2) is 19.5. The largest absolute Gasteiger partial charge is 0.673 e. The monoisotopic (exact) mass is 666 g/mol. The fourth-order valence-corrected chi connectivity index (χ4v) is 17.2. The van der Waals surface area contributed by atoms with E-state index < -0.39 is 7.25 Å². The van der Waals surface area contributed by atoms with Crippen molar-refractivity contribution in [2.75, 3.05) is 12.3 Å². The predicted molar refractivity (Wildman–Crippen MR) is 164 cm³/mol. The molecule has 3 rings (SSSR count). The maximum Gasteiger partial charge on any atom is 0.673 e. The molecule has 0 nitrogen and oxygen atoms in total. The Morgan fingerprint density at radius 3 is 0.868 bits per heavy atom. The summed E-state index contributed by atoms with van der Waals surface area (Å²) in [7, 11) is -6.29. The molecule has 2 saturated heterocycles. The summed E-state index contributed by atoms with van der Waals surface area (Å²) in [5.41, 5.74) is 4.45. The quantitative estimate of drug-likeness (QED) is 0.110. The fourth-order valence-electron chi connectivity index (χ4n) is 6.69. The number of hydrogen-bond donors (Lipinski definition) is 0. The number of halogens is 4. The van der Waals surface area contributed by atoms with Crippen LogP contribution in [0.2, 0.25) is 0 Å². The molecule has 4 atom stereocenters. The third kappa shape index (κ3) is 14.9. The van der Waals surface area contributed by atoms with Crippen molar-refractivity contribution in [3.05, 3.63) is 0 Å². The zero-order valence-electron chi connectivity index (χ0n) is 25.1. The topological polar surface area (TPSA) is 0 Å². The Balaban J connectivity index is 0.000000804. The maximum atomic E-state index is 9.75. The van der Waals surface area contributed by atoms with Crippen LogP contribution in [-0.2, 0) is 19.5 Å². The molecule has 223 valence electrons. The van der Waals surface area contributed by atoms with Crippen molar-refractivity contribution in [3.63, 3.8) is 0 Å². The van der Waals surface area contributed by atoms with Crippen LogP contribution in [0.3, 0.4) is 0 Å². The van der Waals surface area contributed by atoms with Crippen LogP contribution >= 0.6 is 15.8 Å². The van der Waals surface area contributed by atoms with Crippen LogP contribution in [0.5, 0.6) is 0 Å². The third-order valence-electron chi connectivity index (χ3n) is 8.40. The average Bonchev–Trinajstić information content (AvgIpc) is 3.35. The molecule has 0 bridgehead atoms. The number of rotatable bonds is 7. The predicted octanol–water partition coefficient (Wildman–Crippen LogP) is 9.97. The molecule has 0 spiro atoms. The normalized spacial score (nSPS) is 25.8. The minimum Gasteiger partial charge on any atom is -0.418 e. The summed E-state index contributed by atoms with van der Waals surface area (Å²) in [6.07, 6.45) is 13.4. The van der Waals surface area contributed by atoms with E-state index in [0.717, 1.165) is 72.0 Å². The van der Waals surface area contributed by atoms with Gasteiger partial charge in [-0.2, -0.15) is 0 Å². The van der Waals surface area contributed by atoms with Gasteiger partial charge in [0.25, 0.3) is 0 Å². The van der Waals surface area contributed by atoms with Crippen LogP contribution in [0.25, 0.3) is 0 Å². The van der Waals surface area contributed by atoms with Gasteiger partial charge < -0.3 is 17.3 Å². The Bertz CT molecular complexity index is 652. The summed E-state index contributed by atoms with van der Waals surface area (Å²) >= 11 is 0. The minimum absolute atomic E-state index is 0. The van der Waals surface area contributed by atoms with E-state index in [2.05, 4.69) is 79.1 Å². The van der Waals surface area contributed by atoms with Gasteiger partial charge in [-0.25, -0.2) is 0 Å². The van der Waals surface area contributed by atoms with E-state index in [9.17, 15) is 17.3 Å². The third-order valence-corrected chi connectivity index (χ3v) is 18.2. The second-order valence-corrected chi connectivity index (χ2v) is 18.7. The molecule has 1 aliphatic carbocycles. The zero-order chi connectivity index (χ0) is 28.2. The molecule has 8 heteroatoms. The Kier molecular flexibility index (Phi) is 19.7. The molecule has 0 unspecified atom stereocenters. The van der Waals surface area contributed by atoms with Crippen molar-refractivity contribution in [2.45, 2.75) is 129 Å². The zero-order valence-corrected chi connectivity index (χ0v) is 28.8. The Labute approximate surface area is 248 Å². The van der Waals surface area contributed by atoms with Gasteiger partial charge in [-0.1, -0.05) is 55.4 Å². The summed E-state index contributed by atoms with van der Waals surface area (Å²) in [6, 6.07) is 0. The molecular formula is C30H54BF4P2Rh+. The van der Waals surface area contributed by atoms with E-state index in [1.54, 1.807) is 38.0 Å². The molecular weight excluding hydrogens is 612 g/mol. The van der Waals surface area contributed by atoms with Crippen molar-refractivity contribution >= 4 is 23.1 Å². The van der Waals surface area contributed by atoms with Gasteiger partial charge in [0.15, 0.2) is 0 Å². The first-order valence-corrected chi connectivity index (χ1v) is 18.5. The molecule has 3 aliphatic rings. The molecule has 2 fully saturated rings. The molecule has 0 aromatic rings. The van der Waals surface area contributed by atoms with Crippen molar-refractivity contribution in [2.24, 2.45) is 23.7 Å². The minimum atomic E-state index is -6.00. The van der Waals surface area contributed by atoms with Crippen molar-refractivity contribution < 1.29 is 36.7 Å². The SMILES string of the molecule is C1#CCCC#CCC1.CC(C)[C@H]1CC[C@H](C(C)C)[PH+]1CC[PH+]1[C@@H](C(C)C)CC[C@@H]1C(C)C.F[B-](F)(F)F.[Rh]. The van der Waals surface area contributed by atoms with Crippen LogP contribution in [0, 0.1) is 47.4 Å². The van der Waals surface area contributed by atoms with Gasteiger partial charge >= 0.3 is 7.25 Å². The summed E-state index contributed by atoms with van der Waals surface area (Å²) in [6.45, 7) is 20.1. The summed E-state index contributed by atoms with van der Waals surface area (Å²) in [5.74, 6) is 15.9.